The van der Waals surface area contributed by atoms with Crippen LogP contribution in [0.3, 0.4) is 0 Å². The zero-order valence-corrected chi connectivity index (χ0v) is 14.9. The van der Waals surface area contributed by atoms with Crippen LogP contribution in [0.1, 0.15) is 80.6 Å². The van der Waals surface area contributed by atoms with Crippen molar-refractivity contribution in [2.45, 2.75) is 69.5 Å². The van der Waals surface area contributed by atoms with Crippen molar-refractivity contribution < 1.29 is 4.79 Å². The Hall–Kier alpha value is -0.760. The smallest absolute Gasteiger partial charge is 0.217 e. The van der Waals surface area contributed by atoms with Gasteiger partial charge in [0.1, 0.15) is 11.5 Å². The second-order valence-electron chi connectivity index (χ2n) is 7.40. The summed E-state index contributed by atoms with van der Waals surface area (Å²) in [5.41, 5.74) is 2.36. The predicted molar refractivity (Wildman–Crippen MR) is 97.0 cm³/mol. The molecule has 2 fully saturated rings. The molecular weight excluding hydrogens is 288 g/mol. The molecule has 1 aromatic carbocycles. The second-order valence-corrected chi connectivity index (χ2v) is 10.2. The molecule has 2 heteroatoms. The summed E-state index contributed by atoms with van der Waals surface area (Å²) in [5.74, 6) is 3.58. The largest absolute Gasteiger partial charge is 0.288 e. The van der Waals surface area contributed by atoms with E-state index in [9.17, 15) is 4.79 Å². The lowest BCUT2D eigenvalue weighted by Gasteiger charge is -2.23. The van der Waals surface area contributed by atoms with Crippen LogP contribution >= 0.6 is 0 Å². The van der Waals surface area contributed by atoms with Gasteiger partial charge in [-0.05, 0) is 51.0 Å². The average Bonchev–Trinajstić information content (AvgIpc) is 3.10. The van der Waals surface area contributed by atoms with E-state index in [1.807, 2.05) is 0 Å². The molecule has 0 N–H and O–H groups in total. The number of Topliss-reactive ketones (excluding diaryl/α,β-unsaturated/α-hetero) is 1. The fourth-order valence-corrected chi connectivity index (χ4v) is 6.70. The van der Waals surface area contributed by atoms with Crippen LogP contribution in [-0.4, -0.2) is 22.0 Å². The molecule has 0 amide bonds. The van der Waals surface area contributed by atoms with Crippen molar-refractivity contribution in [2.24, 2.45) is 0 Å². The number of ketones is 1. The predicted octanol–water partition coefficient (Wildman–Crippen LogP) is 5.11. The molecule has 120 valence electrons. The molecule has 1 aromatic rings. The molecule has 0 bridgehead atoms. The first-order valence-electron chi connectivity index (χ1n) is 8.91. The summed E-state index contributed by atoms with van der Waals surface area (Å²) >= 11 is 0. The Morgan fingerprint density at radius 3 is 2.14 bits per heavy atom. The van der Waals surface area contributed by atoms with Gasteiger partial charge < -0.3 is 0 Å². The highest BCUT2D eigenvalue weighted by molar-refractivity contribution is 7.99. The van der Waals surface area contributed by atoms with Crippen LogP contribution < -0.4 is 0 Å². The summed E-state index contributed by atoms with van der Waals surface area (Å²) in [4.78, 5) is 12.9. The highest BCUT2D eigenvalue weighted by Gasteiger charge is 2.47. The Bertz CT molecular complexity index is 505. The summed E-state index contributed by atoms with van der Waals surface area (Å²) in [6.07, 6.45) is 9.37. The number of hydrogen-bond donors (Lipinski definition) is 0. The van der Waals surface area contributed by atoms with Gasteiger partial charge in [-0.3, -0.25) is 4.79 Å². The third kappa shape index (κ3) is 3.27. The van der Waals surface area contributed by atoms with Crippen LogP contribution in [0.25, 0.3) is 0 Å². The van der Waals surface area contributed by atoms with Crippen LogP contribution in [0.5, 0.6) is 0 Å². The molecule has 3 rings (SSSR count). The molecule has 1 heterocycles. The van der Waals surface area contributed by atoms with Gasteiger partial charge in [-0.2, -0.15) is 0 Å². The molecule has 1 saturated carbocycles. The van der Waals surface area contributed by atoms with Gasteiger partial charge in [0, 0.05) is 16.5 Å². The van der Waals surface area contributed by atoms with Crippen molar-refractivity contribution in [3.05, 3.63) is 35.4 Å². The van der Waals surface area contributed by atoms with E-state index >= 15 is 0 Å². The van der Waals surface area contributed by atoms with Gasteiger partial charge in [0.15, 0.2) is 4.75 Å². The summed E-state index contributed by atoms with van der Waals surface area (Å²) in [7, 11) is 0.273. The maximum absolute atomic E-state index is 12.9. The van der Waals surface area contributed by atoms with E-state index in [1.165, 1.54) is 62.0 Å². The first-order valence-corrected chi connectivity index (χ1v) is 10.5. The molecule has 1 nitrogen and oxygen atoms in total. The summed E-state index contributed by atoms with van der Waals surface area (Å²) < 4.78 is -0.178. The van der Waals surface area contributed by atoms with E-state index in [4.69, 9.17) is 0 Å². The van der Waals surface area contributed by atoms with Crippen LogP contribution in [0.4, 0.5) is 0 Å². The van der Waals surface area contributed by atoms with Crippen LogP contribution in [0.2, 0.25) is 0 Å². The third-order valence-corrected chi connectivity index (χ3v) is 8.74. The van der Waals surface area contributed by atoms with Crippen molar-refractivity contribution in [1.82, 2.24) is 0 Å². The van der Waals surface area contributed by atoms with E-state index in [0.29, 0.717) is 5.78 Å². The Labute approximate surface area is 138 Å². The first-order chi connectivity index (χ1) is 10.6. The molecule has 1 aliphatic carbocycles. The summed E-state index contributed by atoms with van der Waals surface area (Å²) in [5, 5.41) is 0. The van der Waals surface area contributed by atoms with Crippen molar-refractivity contribution in [1.29, 1.82) is 0 Å². The minimum atomic E-state index is -0.178. The lowest BCUT2D eigenvalue weighted by Crippen LogP contribution is -2.41. The molecule has 0 spiro atoms. The van der Waals surface area contributed by atoms with Crippen molar-refractivity contribution in [2.75, 3.05) is 11.5 Å². The van der Waals surface area contributed by atoms with Gasteiger partial charge in [0.25, 0.3) is 0 Å². The van der Waals surface area contributed by atoms with Gasteiger partial charge in [-0.1, -0.05) is 43.5 Å². The lowest BCUT2D eigenvalue weighted by molar-refractivity contribution is 0.0956. The standard InChI is InChI=1S/C20H29OS/c1-20(2,22-14-6-7-15-22)19(21)18-12-10-17(11-13-18)16-8-4-3-5-9-16/h10-13,16H,3-9,14-15H2,1-2H3/q+1. The molecule has 0 unspecified atom stereocenters. The van der Waals surface area contributed by atoms with Crippen LogP contribution in [0.15, 0.2) is 24.3 Å². The fraction of sp³-hybridized carbons (Fsp3) is 0.650. The minimum Gasteiger partial charge on any atom is -0.288 e. The molecular formula is C20H29OS+. The van der Waals surface area contributed by atoms with E-state index in [2.05, 4.69) is 38.1 Å². The summed E-state index contributed by atoms with van der Waals surface area (Å²) in [6, 6.07) is 8.62. The number of carbonyl (C=O) groups is 1. The maximum Gasteiger partial charge on any atom is 0.217 e. The van der Waals surface area contributed by atoms with Gasteiger partial charge in [-0.25, -0.2) is 0 Å². The second kappa shape index (κ2) is 6.78. The minimum absolute atomic E-state index is 0.178. The SMILES string of the molecule is CC(C)(C(=O)c1ccc(C2CCCCC2)cc1)[S+]1CCCC1. The zero-order valence-electron chi connectivity index (χ0n) is 14.1. The van der Waals surface area contributed by atoms with Crippen molar-refractivity contribution in [3.8, 4) is 0 Å². The van der Waals surface area contributed by atoms with Gasteiger partial charge in [0.2, 0.25) is 5.78 Å². The average molecular weight is 318 g/mol. The Morgan fingerprint density at radius 2 is 1.55 bits per heavy atom. The Balaban J connectivity index is 1.72. The molecule has 22 heavy (non-hydrogen) atoms. The van der Waals surface area contributed by atoms with Gasteiger partial charge in [0.05, 0.1) is 0 Å². The normalized spacial score (nSPS) is 21.2. The van der Waals surface area contributed by atoms with E-state index in [1.54, 1.807) is 0 Å². The molecule has 0 aromatic heterocycles. The monoisotopic (exact) mass is 317 g/mol. The zero-order chi connectivity index (χ0) is 15.6. The summed E-state index contributed by atoms with van der Waals surface area (Å²) in [6.45, 7) is 4.33. The fourth-order valence-electron chi connectivity index (χ4n) is 3.99. The number of hydrogen-bond acceptors (Lipinski definition) is 1. The Morgan fingerprint density at radius 1 is 0.955 bits per heavy atom. The number of benzene rings is 1. The highest BCUT2D eigenvalue weighted by Crippen LogP contribution is 2.34. The van der Waals surface area contributed by atoms with E-state index in [0.717, 1.165) is 11.5 Å². The van der Waals surface area contributed by atoms with Crippen molar-refractivity contribution >= 4 is 16.7 Å². The molecule has 1 aliphatic heterocycles. The highest BCUT2D eigenvalue weighted by atomic mass is 32.2. The van der Waals surface area contributed by atoms with Crippen LogP contribution in [0, 0.1) is 0 Å². The topological polar surface area (TPSA) is 17.1 Å². The quantitative estimate of drug-likeness (QED) is 0.557. The number of carbonyl (C=O) groups excluding carboxylic acids is 1. The lowest BCUT2D eigenvalue weighted by atomic mass is 9.83. The first kappa shape index (κ1) is 16.1. The number of rotatable bonds is 4. The Kier molecular flexibility index (Phi) is 4.97. The molecule has 1 saturated heterocycles. The van der Waals surface area contributed by atoms with Gasteiger partial charge in [-0.15, -0.1) is 0 Å². The van der Waals surface area contributed by atoms with Crippen molar-refractivity contribution in [3.63, 3.8) is 0 Å². The van der Waals surface area contributed by atoms with E-state index in [-0.39, 0.29) is 15.6 Å². The molecule has 0 atom stereocenters. The van der Waals surface area contributed by atoms with Gasteiger partial charge >= 0.3 is 0 Å². The molecule has 0 radical (unpaired) electrons. The van der Waals surface area contributed by atoms with E-state index < -0.39 is 0 Å². The third-order valence-electron chi connectivity index (χ3n) is 5.55. The van der Waals surface area contributed by atoms with Crippen LogP contribution in [-0.2, 0) is 10.9 Å². The molecule has 2 aliphatic rings. The maximum atomic E-state index is 12.9.